The number of pyridine rings is 1. The predicted octanol–water partition coefficient (Wildman–Crippen LogP) is 1.76. The SMILES string of the molecule is CC(C)CC(NC(=O)c1cccc2ccc(=O)[nH]c12)C(=O)O. The number of rotatable bonds is 5. The predicted molar refractivity (Wildman–Crippen MR) is 82.9 cm³/mol. The zero-order chi connectivity index (χ0) is 16.3. The quantitative estimate of drug-likeness (QED) is 0.783. The Kier molecular flexibility index (Phi) is 4.60. The van der Waals surface area contributed by atoms with E-state index in [4.69, 9.17) is 0 Å². The van der Waals surface area contributed by atoms with Crippen molar-refractivity contribution in [1.29, 1.82) is 0 Å². The molecule has 1 unspecified atom stereocenters. The highest BCUT2D eigenvalue weighted by Gasteiger charge is 2.22. The first kappa shape index (κ1) is 15.8. The molecule has 1 aromatic carbocycles. The van der Waals surface area contributed by atoms with Crippen molar-refractivity contribution in [1.82, 2.24) is 10.3 Å². The van der Waals surface area contributed by atoms with Gasteiger partial charge < -0.3 is 15.4 Å². The average molecular weight is 302 g/mol. The maximum Gasteiger partial charge on any atom is 0.326 e. The van der Waals surface area contributed by atoms with Crippen molar-refractivity contribution in [2.75, 3.05) is 0 Å². The summed E-state index contributed by atoms with van der Waals surface area (Å²) in [6.07, 6.45) is 0.336. The number of fused-ring (bicyclic) bond motifs is 1. The van der Waals surface area contributed by atoms with Crippen LogP contribution in [0.25, 0.3) is 10.9 Å². The van der Waals surface area contributed by atoms with Gasteiger partial charge in [-0.3, -0.25) is 9.59 Å². The van der Waals surface area contributed by atoms with Gasteiger partial charge in [0.2, 0.25) is 5.56 Å². The van der Waals surface area contributed by atoms with Crippen molar-refractivity contribution < 1.29 is 14.7 Å². The van der Waals surface area contributed by atoms with E-state index < -0.39 is 17.9 Å². The minimum Gasteiger partial charge on any atom is -0.480 e. The van der Waals surface area contributed by atoms with Gasteiger partial charge >= 0.3 is 5.97 Å². The lowest BCUT2D eigenvalue weighted by atomic mass is 10.0. The molecule has 1 aromatic heterocycles. The Morgan fingerprint density at radius 3 is 2.59 bits per heavy atom. The standard InChI is InChI=1S/C16H18N2O4/c1-9(2)8-12(16(21)22)17-15(20)11-5-3-4-10-6-7-13(19)18-14(10)11/h3-7,9,12H,8H2,1-2H3,(H,17,20)(H,18,19)(H,21,22). The number of aromatic nitrogens is 1. The number of hydrogen-bond donors (Lipinski definition) is 3. The van der Waals surface area contributed by atoms with Gasteiger partial charge in [-0.25, -0.2) is 4.79 Å². The van der Waals surface area contributed by atoms with E-state index >= 15 is 0 Å². The molecule has 0 bridgehead atoms. The molecule has 0 aliphatic carbocycles. The molecule has 116 valence electrons. The number of para-hydroxylation sites is 1. The van der Waals surface area contributed by atoms with E-state index in [0.717, 1.165) is 0 Å². The van der Waals surface area contributed by atoms with Crippen LogP contribution in [0.15, 0.2) is 35.1 Å². The number of nitrogens with one attached hydrogen (secondary N) is 2. The summed E-state index contributed by atoms with van der Waals surface area (Å²) < 4.78 is 0. The monoisotopic (exact) mass is 302 g/mol. The number of H-pyrrole nitrogens is 1. The molecular formula is C16H18N2O4. The van der Waals surface area contributed by atoms with Crippen molar-refractivity contribution in [3.05, 3.63) is 46.2 Å². The molecule has 0 spiro atoms. The van der Waals surface area contributed by atoms with Gasteiger partial charge in [-0.2, -0.15) is 0 Å². The second-order valence-electron chi connectivity index (χ2n) is 5.59. The van der Waals surface area contributed by atoms with Crippen molar-refractivity contribution in [3.63, 3.8) is 0 Å². The molecule has 2 aromatic rings. The second-order valence-corrected chi connectivity index (χ2v) is 5.59. The Morgan fingerprint density at radius 2 is 1.95 bits per heavy atom. The summed E-state index contributed by atoms with van der Waals surface area (Å²) in [5, 5.41) is 12.4. The fraction of sp³-hybridized carbons (Fsp3) is 0.312. The topological polar surface area (TPSA) is 99.3 Å². The number of carboxylic acids is 1. The summed E-state index contributed by atoms with van der Waals surface area (Å²) >= 11 is 0. The second kappa shape index (κ2) is 6.43. The third-order valence-corrected chi connectivity index (χ3v) is 3.31. The fourth-order valence-corrected chi connectivity index (χ4v) is 2.30. The molecule has 0 fully saturated rings. The van der Waals surface area contributed by atoms with E-state index in [1.54, 1.807) is 24.3 Å². The molecule has 0 aliphatic heterocycles. The molecule has 1 heterocycles. The summed E-state index contributed by atoms with van der Waals surface area (Å²) in [5.74, 6) is -1.45. The van der Waals surface area contributed by atoms with Crippen LogP contribution in [0.5, 0.6) is 0 Å². The number of aliphatic carboxylic acids is 1. The van der Waals surface area contributed by atoms with E-state index in [0.29, 0.717) is 17.3 Å². The maximum atomic E-state index is 12.4. The molecule has 0 radical (unpaired) electrons. The highest BCUT2D eigenvalue weighted by molar-refractivity contribution is 6.06. The zero-order valence-electron chi connectivity index (χ0n) is 12.4. The molecule has 22 heavy (non-hydrogen) atoms. The zero-order valence-corrected chi connectivity index (χ0v) is 12.4. The lowest BCUT2D eigenvalue weighted by Crippen LogP contribution is -2.41. The van der Waals surface area contributed by atoms with Crippen LogP contribution in [-0.4, -0.2) is 28.0 Å². The lowest BCUT2D eigenvalue weighted by molar-refractivity contribution is -0.139. The number of amides is 1. The molecule has 3 N–H and O–H groups in total. The summed E-state index contributed by atoms with van der Waals surface area (Å²) in [5.41, 5.74) is 0.344. The van der Waals surface area contributed by atoms with Gasteiger partial charge in [0, 0.05) is 6.07 Å². The van der Waals surface area contributed by atoms with E-state index in [1.165, 1.54) is 6.07 Å². The summed E-state index contributed by atoms with van der Waals surface area (Å²) in [4.78, 5) is 37.7. The van der Waals surface area contributed by atoms with Crippen LogP contribution < -0.4 is 10.9 Å². The van der Waals surface area contributed by atoms with Crippen LogP contribution in [0, 0.1) is 5.92 Å². The van der Waals surface area contributed by atoms with Gasteiger partial charge in [-0.05, 0) is 29.9 Å². The minimum atomic E-state index is -1.07. The van der Waals surface area contributed by atoms with Crippen LogP contribution in [-0.2, 0) is 4.79 Å². The van der Waals surface area contributed by atoms with E-state index in [1.807, 2.05) is 13.8 Å². The lowest BCUT2D eigenvalue weighted by Gasteiger charge is -2.17. The summed E-state index contributed by atoms with van der Waals surface area (Å²) in [6.45, 7) is 3.77. The third-order valence-electron chi connectivity index (χ3n) is 3.31. The fourth-order valence-electron chi connectivity index (χ4n) is 2.30. The number of carbonyl (C=O) groups excluding carboxylic acids is 1. The van der Waals surface area contributed by atoms with Crippen LogP contribution in [0.2, 0.25) is 0 Å². The molecule has 1 atom stereocenters. The van der Waals surface area contributed by atoms with Gasteiger partial charge in [0.05, 0.1) is 11.1 Å². The number of hydrogen-bond acceptors (Lipinski definition) is 3. The maximum absolute atomic E-state index is 12.4. The summed E-state index contributed by atoms with van der Waals surface area (Å²) in [7, 11) is 0. The average Bonchev–Trinajstić information content (AvgIpc) is 2.45. The van der Waals surface area contributed by atoms with Gasteiger partial charge in [-0.15, -0.1) is 0 Å². The molecular weight excluding hydrogens is 284 g/mol. The van der Waals surface area contributed by atoms with E-state index in [-0.39, 0.29) is 17.0 Å². The molecule has 6 nitrogen and oxygen atoms in total. The minimum absolute atomic E-state index is 0.133. The number of carbonyl (C=O) groups is 2. The Morgan fingerprint density at radius 1 is 1.23 bits per heavy atom. The van der Waals surface area contributed by atoms with Gasteiger partial charge in [0.15, 0.2) is 0 Å². The first-order valence-corrected chi connectivity index (χ1v) is 7.04. The Hall–Kier alpha value is -2.63. The van der Waals surface area contributed by atoms with Gasteiger partial charge in [0.25, 0.3) is 5.91 Å². The van der Waals surface area contributed by atoms with Crippen molar-refractivity contribution >= 4 is 22.8 Å². The van der Waals surface area contributed by atoms with Crippen LogP contribution in [0.4, 0.5) is 0 Å². The van der Waals surface area contributed by atoms with Crippen LogP contribution >= 0.6 is 0 Å². The first-order valence-electron chi connectivity index (χ1n) is 7.04. The van der Waals surface area contributed by atoms with Crippen molar-refractivity contribution in [2.45, 2.75) is 26.3 Å². The van der Waals surface area contributed by atoms with E-state index in [2.05, 4.69) is 10.3 Å². The van der Waals surface area contributed by atoms with Crippen molar-refractivity contribution in [2.24, 2.45) is 5.92 Å². The van der Waals surface area contributed by atoms with E-state index in [9.17, 15) is 19.5 Å². The molecule has 6 heteroatoms. The Bertz CT molecular complexity index is 764. The van der Waals surface area contributed by atoms with Gasteiger partial charge in [-0.1, -0.05) is 26.0 Å². The highest BCUT2D eigenvalue weighted by atomic mass is 16.4. The van der Waals surface area contributed by atoms with Crippen molar-refractivity contribution in [3.8, 4) is 0 Å². The number of aromatic amines is 1. The Labute approximate surface area is 127 Å². The smallest absolute Gasteiger partial charge is 0.326 e. The molecule has 2 rings (SSSR count). The molecule has 0 saturated carbocycles. The molecule has 1 amide bonds. The summed E-state index contributed by atoms with van der Waals surface area (Å²) in [6, 6.07) is 7.05. The number of benzene rings is 1. The largest absolute Gasteiger partial charge is 0.480 e. The van der Waals surface area contributed by atoms with Crippen LogP contribution in [0.1, 0.15) is 30.6 Å². The number of carboxylic acid groups (broad SMARTS) is 1. The highest BCUT2D eigenvalue weighted by Crippen LogP contribution is 2.15. The molecule has 0 saturated heterocycles. The Balaban J connectivity index is 2.35. The third kappa shape index (κ3) is 3.52. The molecule has 0 aliphatic rings. The van der Waals surface area contributed by atoms with Crippen LogP contribution in [0.3, 0.4) is 0 Å². The first-order chi connectivity index (χ1) is 10.4. The normalized spacial score (nSPS) is 12.3. The van der Waals surface area contributed by atoms with Gasteiger partial charge in [0.1, 0.15) is 6.04 Å².